The quantitative estimate of drug-likeness (QED) is 0.552. The molecule has 0 unspecified atom stereocenters. The van der Waals surface area contributed by atoms with Gasteiger partial charge in [-0.1, -0.05) is 41.9 Å². The zero-order valence-electron chi connectivity index (χ0n) is 13.8. The number of nitrogens with zero attached hydrogens (tertiary/aromatic N) is 1. The fraction of sp³-hybridized carbons (Fsp3) is 0.211. The third-order valence-electron chi connectivity index (χ3n) is 4.12. The van der Waals surface area contributed by atoms with Crippen LogP contribution in [0.4, 0.5) is 13.2 Å². The maximum absolute atomic E-state index is 13.0. The Morgan fingerprint density at radius 2 is 1.77 bits per heavy atom. The Morgan fingerprint density at radius 1 is 1.12 bits per heavy atom. The topological polar surface area (TPSA) is 31.2 Å². The summed E-state index contributed by atoms with van der Waals surface area (Å²) in [7, 11) is 0. The van der Waals surface area contributed by atoms with Crippen molar-refractivity contribution in [1.29, 1.82) is 0 Å². The first-order chi connectivity index (χ1) is 12.3. The van der Waals surface area contributed by atoms with Crippen LogP contribution in [-0.2, 0) is 6.54 Å². The van der Waals surface area contributed by atoms with Crippen molar-refractivity contribution in [2.24, 2.45) is 0 Å². The Labute approximate surface area is 152 Å². The molecule has 0 saturated heterocycles. The highest BCUT2D eigenvalue weighted by atomic mass is 35.5. The Kier molecular flexibility index (Phi) is 4.96. The van der Waals surface area contributed by atoms with Gasteiger partial charge in [-0.3, -0.25) is 4.79 Å². The Hall–Kier alpha value is -2.47. The lowest BCUT2D eigenvalue weighted by Gasteiger charge is -2.11. The normalized spacial score (nSPS) is 11.7. The number of halogens is 4. The number of hydrogen-bond acceptors (Lipinski definition) is 2. The highest BCUT2D eigenvalue weighted by Gasteiger charge is 2.42. The average Bonchev–Trinajstić information content (AvgIpc) is 2.87. The van der Waals surface area contributed by atoms with Crippen LogP contribution in [0.2, 0.25) is 5.02 Å². The van der Waals surface area contributed by atoms with E-state index in [9.17, 15) is 18.0 Å². The molecule has 3 rings (SSSR count). The number of para-hydroxylation sites is 2. The van der Waals surface area contributed by atoms with Gasteiger partial charge in [-0.15, -0.1) is 0 Å². The van der Waals surface area contributed by atoms with Gasteiger partial charge in [0.15, 0.2) is 0 Å². The van der Waals surface area contributed by atoms with Gasteiger partial charge in [0.05, 0.1) is 17.1 Å². The van der Waals surface area contributed by atoms with Crippen molar-refractivity contribution in [2.75, 3.05) is 6.61 Å². The molecule has 0 aliphatic rings. The van der Waals surface area contributed by atoms with E-state index in [4.69, 9.17) is 16.3 Å². The number of fused-ring (bicyclic) bond motifs is 1. The smallest absolute Gasteiger partial charge is 0.454 e. The minimum Gasteiger partial charge on any atom is -0.490 e. The van der Waals surface area contributed by atoms with Crippen LogP contribution in [0, 0.1) is 6.92 Å². The molecular formula is C19H15ClF3NO2. The van der Waals surface area contributed by atoms with Gasteiger partial charge in [0, 0.05) is 16.6 Å². The van der Waals surface area contributed by atoms with E-state index in [-0.39, 0.29) is 29.8 Å². The van der Waals surface area contributed by atoms with Crippen LogP contribution in [0.5, 0.6) is 5.75 Å². The summed E-state index contributed by atoms with van der Waals surface area (Å²) in [5.41, 5.74) is 0.502. The van der Waals surface area contributed by atoms with Gasteiger partial charge in [-0.25, -0.2) is 0 Å². The van der Waals surface area contributed by atoms with Gasteiger partial charge >= 0.3 is 6.18 Å². The van der Waals surface area contributed by atoms with E-state index in [2.05, 4.69) is 0 Å². The van der Waals surface area contributed by atoms with Crippen molar-refractivity contribution in [3.63, 3.8) is 0 Å². The molecule has 0 spiro atoms. The second-order valence-electron chi connectivity index (χ2n) is 5.73. The third-order valence-corrected chi connectivity index (χ3v) is 4.44. The molecule has 0 aliphatic heterocycles. The number of ketones is 1. The molecular weight excluding hydrogens is 367 g/mol. The fourth-order valence-electron chi connectivity index (χ4n) is 2.96. The summed E-state index contributed by atoms with van der Waals surface area (Å²) in [6.07, 6.45) is -4.92. The molecule has 3 aromatic rings. The summed E-state index contributed by atoms with van der Waals surface area (Å²) in [4.78, 5) is 11.9. The number of hydrogen-bond donors (Lipinski definition) is 0. The molecule has 0 atom stereocenters. The number of Topliss-reactive ketones (excluding diaryl/α,β-unsaturated/α-hetero) is 1. The van der Waals surface area contributed by atoms with E-state index >= 15 is 0 Å². The predicted octanol–water partition coefficient (Wildman–Crippen LogP) is 5.43. The van der Waals surface area contributed by atoms with E-state index in [1.165, 1.54) is 13.0 Å². The zero-order valence-corrected chi connectivity index (χ0v) is 14.6. The minimum atomic E-state index is -4.92. The predicted molar refractivity (Wildman–Crippen MR) is 94.0 cm³/mol. The van der Waals surface area contributed by atoms with Crippen LogP contribution >= 0.6 is 11.6 Å². The highest BCUT2D eigenvalue weighted by molar-refractivity contribution is 6.32. The van der Waals surface area contributed by atoms with E-state index < -0.39 is 12.0 Å². The average molecular weight is 382 g/mol. The molecule has 136 valence electrons. The van der Waals surface area contributed by atoms with Gasteiger partial charge in [0.25, 0.3) is 5.78 Å². The number of carbonyl (C=O) groups excluding carboxylic acids is 1. The molecule has 0 N–H and O–H groups in total. The monoisotopic (exact) mass is 381 g/mol. The third kappa shape index (κ3) is 3.42. The summed E-state index contributed by atoms with van der Waals surface area (Å²) in [5.74, 6) is -1.34. The summed E-state index contributed by atoms with van der Waals surface area (Å²) in [5, 5.41) is 0.736. The lowest BCUT2D eigenvalue weighted by atomic mass is 10.1. The zero-order chi connectivity index (χ0) is 18.9. The largest absolute Gasteiger partial charge is 0.490 e. The second kappa shape index (κ2) is 7.03. The first-order valence-electron chi connectivity index (χ1n) is 7.87. The van der Waals surface area contributed by atoms with Crippen molar-refractivity contribution in [1.82, 2.24) is 4.57 Å². The summed E-state index contributed by atoms with van der Waals surface area (Å²) in [6.45, 7) is 1.99. The Bertz CT molecular complexity index is 963. The lowest BCUT2D eigenvalue weighted by Crippen LogP contribution is -2.23. The van der Waals surface area contributed by atoms with Crippen molar-refractivity contribution in [3.05, 3.63) is 64.8 Å². The van der Waals surface area contributed by atoms with E-state index in [1.54, 1.807) is 47.0 Å². The van der Waals surface area contributed by atoms with E-state index in [0.29, 0.717) is 16.3 Å². The van der Waals surface area contributed by atoms with Gasteiger partial charge in [-0.05, 0) is 25.1 Å². The molecule has 0 aliphatic carbocycles. The first kappa shape index (κ1) is 18.3. The lowest BCUT2D eigenvalue weighted by molar-refractivity contribution is -0.0884. The SMILES string of the molecule is Cc1c(C(=O)C(F)(F)F)c2ccccc2n1CCOc1ccccc1Cl. The fourth-order valence-corrected chi connectivity index (χ4v) is 3.15. The molecule has 2 aromatic carbocycles. The molecule has 1 aromatic heterocycles. The van der Waals surface area contributed by atoms with E-state index in [0.717, 1.165) is 0 Å². The van der Waals surface area contributed by atoms with Crippen LogP contribution in [0.15, 0.2) is 48.5 Å². The Morgan fingerprint density at radius 3 is 2.46 bits per heavy atom. The number of carbonyl (C=O) groups is 1. The molecule has 0 radical (unpaired) electrons. The molecule has 3 nitrogen and oxygen atoms in total. The number of ether oxygens (including phenoxy) is 1. The van der Waals surface area contributed by atoms with Crippen LogP contribution in [0.3, 0.4) is 0 Å². The van der Waals surface area contributed by atoms with Crippen molar-refractivity contribution < 1.29 is 22.7 Å². The summed E-state index contributed by atoms with van der Waals surface area (Å²) >= 11 is 6.03. The van der Waals surface area contributed by atoms with Crippen LogP contribution in [-0.4, -0.2) is 23.1 Å². The molecule has 0 bridgehead atoms. The van der Waals surface area contributed by atoms with Gasteiger partial charge in [-0.2, -0.15) is 13.2 Å². The van der Waals surface area contributed by atoms with Crippen molar-refractivity contribution in [3.8, 4) is 5.75 Å². The second-order valence-corrected chi connectivity index (χ2v) is 6.14. The number of benzene rings is 2. The first-order valence-corrected chi connectivity index (χ1v) is 8.25. The number of aromatic nitrogens is 1. The van der Waals surface area contributed by atoms with Crippen molar-refractivity contribution >= 4 is 28.3 Å². The van der Waals surface area contributed by atoms with Gasteiger partial charge < -0.3 is 9.30 Å². The van der Waals surface area contributed by atoms with Crippen LogP contribution < -0.4 is 4.74 Å². The standard InChI is InChI=1S/C19H15ClF3NO2/c1-12-17(18(25)19(21,22)23)13-6-2-4-8-15(13)24(12)10-11-26-16-9-5-3-7-14(16)20/h2-9H,10-11H2,1H3. The molecule has 26 heavy (non-hydrogen) atoms. The Balaban J connectivity index is 1.93. The van der Waals surface area contributed by atoms with Crippen LogP contribution in [0.1, 0.15) is 16.1 Å². The van der Waals surface area contributed by atoms with Crippen LogP contribution in [0.25, 0.3) is 10.9 Å². The maximum atomic E-state index is 13.0. The molecule has 0 fully saturated rings. The molecule has 1 heterocycles. The van der Waals surface area contributed by atoms with E-state index in [1.807, 2.05) is 0 Å². The summed E-state index contributed by atoms with van der Waals surface area (Å²) in [6, 6.07) is 13.5. The number of alkyl halides is 3. The number of rotatable bonds is 5. The summed E-state index contributed by atoms with van der Waals surface area (Å²) < 4.78 is 46.2. The minimum absolute atomic E-state index is 0.197. The maximum Gasteiger partial charge on any atom is 0.454 e. The highest BCUT2D eigenvalue weighted by Crippen LogP contribution is 2.32. The van der Waals surface area contributed by atoms with Gasteiger partial charge in [0.2, 0.25) is 0 Å². The molecule has 7 heteroatoms. The molecule has 0 amide bonds. The molecule has 0 saturated carbocycles. The van der Waals surface area contributed by atoms with Crippen molar-refractivity contribution in [2.45, 2.75) is 19.6 Å². The van der Waals surface area contributed by atoms with Gasteiger partial charge in [0.1, 0.15) is 12.4 Å².